The Morgan fingerprint density at radius 1 is 1.21 bits per heavy atom. The molecule has 0 aliphatic carbocycles. The van der Waals surface area contributed by atoms with E-state index < -0.39 is 18.2 Å². The molecule has 4 heterocycles. The van der Waals surface area contributed by atoms with Gasteiger partial charge in [-0.15, -0.1) is 0 Å². The Morgan fingerprint density at radius 2 is 1.89 bits per heavy atom. The first kappa shape index (κ1) is 20.2. The quantitative estimate of drug-likeness (QED) is 0.567. The Balaban J connectivity index is 1.46. The summed E-state index contributed by atoms with van der Waals surface area (Å²) in [6, 6.07) is 3.96. The zero-order chi connectivity index (χ0) is 20.2. The highest BCUT2D eigenvalue weighted by Crippen LogP contribution is 2.37. The molecule has 3 aliphatic heterocycles. The summed E-state index contributed by atoms with van der Waals surface area (Å²) in [5, 5.41) is 0. The second-order valence-electron chi connectivity index (χ2n) is 8.93. The maximum Gasteiger partial charge on any atom is 0.495 e. The van der Waals surface area contributed by atoms with Gasteiger partial charge in [-0.25, -0.2) is 9.19 Å². The van der Waals surface area contributed by atoms with Crippen LogP contribution in [-0.4, -0.2) is 81.2 Å². The molecule has 28 heavy (non-hydrogen) atoms. The standard InChI is InChI=1S/C18H28BN3O5S/c1-16(2)17(3,4)27-19(26-16)14-5-6-20-15(9-14)22-7-8-25-18(12-22)10-21(11-18)13-28(23)24/h5-6,9H,7-8,10-13H2,1-4H3,(H,23,24). The molecule has 154 valence electrons. The molecule has 1 spiro atoms. The third-order valence-electron chi connectivity index (χ3n) is 6.18. The van der Waals surface area contributed by atoms with Crippen molar-refractivity contribution in [3.8, 4) is 0 Å². The summed E-state index contributed by atoms with van der Waals surface area (Å²) < 4.78 is 38.4. The van der Waals surface area contributed by atoms with Gasteiger partial charge in [0.25, 0.3) is 0 Å². The van der Waals surface area contributed by atoms with E-state index in [1.54, 1.807) is 6.20 Å². The van der Waals surface area contributed by atoms with E-state index in [0.717, 1.165) is 17.8 Å². The van der Waals surface area contributed by atoms with Gasteiger partial charge < -0.3 is 23.5 Å². The van der Waals surface area contributed by atoms with Crippen LogP contribution in [0.3, 0.4) is 0 Å². The van der Waals surface area contributed by atoms with E-state index in [1.165, 1.54) is 0 Å². The minimum atomic E-state index is -1.81. The normalized spacial score (nSPS) is 27.0. The van der Waals surface area contributed by atoms with Gasteiger partial charge in [0, 0.05) is 25.8 Å². The van der Waals surface area contributed by atoms with Crippen LogP contribution < -0.4 is 10.4 Å². The second-order valence-corrected chi connectivity index (χ2v) is 9.83. The van der Waals surface area contributed by atoms with Crippen LogP contribution in [0.2, 0.25) is 0 Å². The summed E-state index contributed by atoms with van der Waals surface area (Å²) in [7, 11) is -0.416. The first-order valence-corrected chi connectivity index (χ1v) is 10.9. The summed E-state index contributed by atoms with van der Waals surface area (Å²) in [4.78, 5) is 8.71. The molecule has 0 bridgehead atoms. The Hall–Kier alpha value is -1.04. The molecular formula is C18H28BN3O5S. The molecule has 8 nitrogen and oxygen atoms in total. The summed E-state index contributed by atoms with van der Waals surface area (Å²) in [6.07, 6.45) is 1.79. The van der Waals surface area contributed by atoms with Crippen LogP contribution >= 0.6 is 0 Å². The Bertz CT molecular complexity index is 755. The second kappa shape index (κ2) is 7.03. The fourth-order valence-electron chi connectivity index (χ4n) is 3.98. The van der Waals surface area contributed by atoms with E-state index in [1.807, 2.05) is 44.7 Å². The van der Waals surface area contributed by atoms with Crippen LogP contribution in [0.5, 0.6) is 0 Å². The van der Waals surface area contributed by atoms with Gasteiger partial charge in [-0.2, -0.15) is 0 Å². The van der Waals surface area contributed by atoms with Gasteiger partial charge >= 0.3 is 7.12 Å². The van der Waals surface area contributed by atoms with E-state index >= 15 is 0 Å². The number of likely N-dealkylation sites (tertiary alicyclic amines) is 1. The van der Waals surface area contributed by atoms with Gasteiger partial charge in [-0.05, 0) is 45.3 Å². The maximum absolute atomic E-state index is 11.0. The van der Waals surface area contributed by atoms with E-state index in [4.69, 9.17) is 18.6 Å². The van der Waals surface area contributed by atoms with Gasteiger partial charge in [-0.1, -0.05) is 0 Å². The predicted octanol–water partition coefficient (Wildman–Crippen LogP) is 0.451. The molecule has 3 aliphatic rings. The first-order chi connectivity index (χ1) is 13.1. The largest absolute Gasteiger partial charge is 0.495 e. The fourth-order valence-corrected chi connectivity index (χ4v) is 4.48. The van der Waals surface area contributed by atoms with E-state index in [0.29, 0.717) is 26.2 Å². The zero-order valence-corrected chi connectivity index (χ0v) is 17.7. The van der Waals surface area contributed by atoms with Crippen LogP contribution in [0.1, 0.15) is 27.7 Å². The van der Waals surface area contributed by atoms with E-state index in [2.05, 4.69) is 9.88 Å². The molecule has 1 N–H and O–H groups in total. The van der Waals surface area contributed by atoms with Crippen molar-refractivity contribution >= 4 is 29.5 Å². The number of hydrogen-bond acceptors (Lipinski definition) is 7. The van der Waals surface area contributed by atoms with Crippen LogP contribution in [-0.2, 0) is 25.1 Å². The molecule has 0 amide bonds. The molecule has 4 rings (SSSR count). The molecule has 10 heteroatoms. The minimum absolute atomic E-state index is 0.167. The van der Waals surface area contributed by atoms with Gasteiger partial charge in [-0.3, -0.25) is 4.90 Å². The van der Waals surface area contributed by atoms with Crippen molar-refractivity contribution in [1.82, 2.24) is 9.88 Å². The van der Waals surface area contributed by atoms with Crippen LogP contribution in [0.25, 0.3) is 0 Å². The lowest BCUT2D eigenvalue weighted by atomic mass is 9.79. The smallest absolute Gasteiger partial charge is 0.399 e. The number of pyridine rings is 1. The molecule has 1 aromatic heterocycles. The summed E-state index contributed by atoms with van der Waals surface area (Å²) >= 11 is -1.81. The van der Waals surface area contributed by atoms with Crippen molar-refractivity contribution in [2.45, 2.75) is 44.5 Å². The van der Waals surface area contributed by atoms with Crippen LogP contribution in [0, 0.1) is 0 Å². The summed E-state index contributed by atoms with van der Waals surface area (Å²) in [5.41, 5.74) is -0.103. The number of ether oxygens (including phenoxy) is 1. The maximum atomic E-state index is 11.0. The Labute approximate surface area is 169 Å². The average Bonchev–Trinajstić information content (AvgIpc) is 2.81. The average molecular weight is 409 g/mol. The van der Waals surface area contributed by atoms with E-state index in [-0.39, 0.29) is 22.7 Å². The third-order valence-corrected chi connectivity index (χ3v) is 6.77. The van der Waals surface area contributed by atoms with Crippen molar-refractivity contribution in [2.24, 2.45) is 0 Å². The van der Waals surface area contributed by atoms with Crippen LogP contribution in [0.15, 0.2) is 18.3 Å². The monoisotopic (exact) mass is 409 g/mol. The number of morpholine rings is 1. The lowest BCUT2D eigenvalue weighted by Crippen LogP contribution is -2.70. The van der Waals surface area contributed by atoms with Gasteiger partial charge in [0.1, 0.15) is 17.3 Å². The molecule has 1 unspecified atom stereocenters. The van der Waals surface area contributed by atoms with Gasteiger partial charge in [0.2, 0.25) is 0 Å². The predicted molar refractivity (Wildman–Crippen MR) is 108 cm³/mol. The van der Waals surface area contributed by atoms with Crippen molar-refractivity contribution in [1.29, 1.82) is 0 Å². The van der Waals surface area contributed by atoms with E-state index in [9.17, 15) is 4.21 Å². The Morgan fingerprint density at radius 3 is 2.54 bits per heavy atom. The summed E-state index contributed by atoms with van der Waals surface area (Å²) in [5.74, 6) is 1.04. The highest BCUT2D eigenvalue weighted by atomic mass is 32.2. The number of anilines is 1. The van der Waals surface area contributed by atoms with Crippen molar-refractivity contribution in [3.63, 3.8) is 0 Å². The van der Waals surface area contributed by atoms with Gasteiger partial charge in [0.15, 0.2) is 11.1 Å². The topological polar surface area (TPSA) is 84.4 Å². The number of hydrogen-bond donors (Lipinski definition) is 1. The summed E-state index contributed by atoms with van der Waals surface area (Å²) in [6.45, 7) is 11.6. The molecule has 0 aromatic carbocycles. The zero-order valence-electron chi connectivity index (χ0n) is 16.9. The lowest BCUT2D eigenvalue weighted by molar-refractivity contribution is -0.143. The number of rotatable bonds is 4. The minimum Gasteiger partial charge on any atom is -0.399 e. The Kier molecular flexibility index (Phi) is 5.09. The lowest BCUT2D eigenvalue weighted by Gasteiger charge is -2.53. The van der Waals surface area contributed by atoms with Crippen molar-refractivity contribution < 1.29 is 22.8 Å². The number of nitrogens with zero attached hydrogens (tertiary/aromatic N) is 3. The number of aromatic nitrogens is 1. The highest BCUT2D eigenvalue weighted by Gasteiger charge is 2.52. The molecule has 1 atom stereocenters. The molecule has 3 fully saturated rings. The third kappa shape index (κ3) is 3.73. The molecule has 0 radical (unpaired) electrons. The SMILES string of the molecule is CC1(C)OB(c2ccnc(N3CCOC4(CN(CS(=O)O)C4)C3)c2)OC1(C)C. The first-order valence-electron chi connectivity index (χ1n) is 9.60. The molecule has 1 aromatic rings. The molecule has 3 saturated heterocycles. The highest BCUT2D eigenvalue weighted by molar-refractivity contribution is 7.79. The van der Waals surface area contributed by atoms with Crippen molar-refractivity contribution in [3.05, 3.63) is 18.3 Å². The van der Waals surface area contributed by atoms with Gasteiger partial charge in [0.05, 0.1) is 24.4 Å². The molecule has 0 saturated carbocycles. The van der Waals surface area contributed by atoms with Crippen molar-refractivity contribution in [2.75, 3.05) is 43.6 Å². The fraction of sp³-hybridized carbons (Fsp3) is 0.722. The van der Waals surface area contributed by atoms with Crippen LogP contribution in [0.4, 0.5) is 5.82 Å². The molecular weight excluding hydrogens is 381 g/mol.